The van der Waals surface area contributed by atoms with Crippen LogP contribution in [0.2, 0.25) is 0 Å². The van der Waals surface area contributed by atoms with Gasteiger partial charge in [-0.2, -0.15) is 0 Å². The quantitative estimate of drug-likeness (QED) is 0.814. The number of aromatic nitrogens is 1. The molecule has 0 spiro atoms. The van der Waals surface area contributed by atoms with E-state index in [4.69, 9.17) is 0 Å². The van der Waals surface area contributed by atoms with E-state index in [1.165, 1.54) is 0 Å². The third kappa shape index (κ3) is 5.36. The molecule has 1 aromatic carbocycles. The Morgan fingerprint density at radius 1 is 1.14 bits per heavy atom. The highest BCUT2D eigenvalue weighted by atomic mass is 16.3. The van der Waals surface area contributed by atoms with Crippen LogP contribution >= 0.6 is 0 Å². The summed E-state index contributed by atoms with van der Waals surface area (Å²) < 4.78 is 0. The van der Waals surface area contributed by atoms with Crippen molar-refractivity contribution in [1.29, 1.82) is 0 Å². The predicted octanol–water partition coefficient (Wildman–Crippen LogP) is 1.73. The summed E-state index contributed by atoms with van der Waals surface area (Å²) in [7, 11) is 0. The van der Waals surface area contributed by atoms with Crippen molar-refractivity contribution in [3.05, 3.63) is 66.0 Å². The molecule has 1 amide bonds. The van der Waals surface area contributed by atoms with E-state index < -0.39 is 0 Å². The van der Waals surface area contributed by atoms with Crippen molar-refractivity contribution in [2.75, 3.05) is 6.61 Å². The molecule has 1 atom stereocenters. The van der Waals surface area contributed by atoms with Gasteiger partial charge in [-0.3, -0.25) is 9.78 Å². The molecule has 21 heavy (non-hydrogen) atoms. The Balaban J connectivity index is 1.80. The van der Waals surface area contributed by atoms with E-state index in [0.29, 0.717) is 19.3 Å². The van der Waals surface area contributed by atoms with Crippen LogP contribution in [0.25, 0.3) is 0 Å². The standard InChI is InChI=1S/C17H20N2O2/c20-13-16(12-14-6-2-1-3-7-14)19-17(21)10-9-15-8-4-5-11-18-15/h1-8,11,16,20H,9-10,12-13H2,(H,19,21)/t16-/m0/s1. The first kappa shape index (κ1) is 15.2. The molecule has 0 aliphatic carbocycles. The lowest BCUT2D eigenvalue weighted by molar-refractivity contribution is -0.122. The fourth-order valence-corrected chi connectivity index (χ4v) is 2.15. The molecule has 0 unspecified atom stereocenters. The van der Waals surface area contributed by atoms with E-state index in [1.807, 2.05) is 48.5 Å². The largest absolute Gasteiger partial charge is 0.394 e. The van der Waals surface area contributed by atoms with Gasteiger partial charge in [-0.25, -0.2) is 0 Å². The topological polar surface area (TPSA) is 62.2 Å². The Morgan fingerprint density at radius 3 is 2.57 bits per heavy atom. The number of aryl methyl sites for hydroxylation is 1. The van der Waals surface area contributed by atoms with Gasteiger partial charge in [0.25, 0.3) is 0 Å². The normalized spacial score (nSPS) is 11.9. The SMILES string of the molecule is O=C(CCc1ccccn1)N[C@H](CO)Cc1ccccc1. The zero-order chi connectivity index (χ0) is 14.9. The molecule has 4 nitrogen and oxygen atoms in total. The van der Waals surface area contributed by atoms with Crippen LogP contribution < -0.4 is 5.32 Å². The van der Waals surface area contributed by atoms with Gasteiger partial charge in [-0.05, 0) is 30.5 Å². The number of nitrogens with zero attached hydrogens (tertiary/aromatic N) is 1. The molecule has 0 bridgehead atoms. The molecule has 2 aromatic rings. The van der Waals surface area contributed by atoms with Crippen molar-refractivity contribution in [3.63, 3.8) is 0 Å². The van der Waals surface area contributed by atoms with Crippen LogP contribution in [0, 0.1) is 0 Å². The van der Waals surface area contributed by atoms with E-state index in [1.54, 1.807) is 6.20 Å². The predicted molar refractivity (Wildman–Crippen MR) is 81.7 cm³/mol. The lowest BCUT2D eigenvalue weighted by atomic mass is 10.1. The highest BCUT2D eigenvalue weighted by Crippen LogP contribution is 2.04. The van der Waals surface area contributed by atoms with Gasteiger partial charge in [0.1, 0.15) is 0 Å². The van der Waals surface area contributed by atoms with E-state index in [9.17, 15) is 9.90 Å². The van der Waals surface area contributed by atoms with Crippen LogP contribution in [-0.2, 0) is 17.6 Å². The summed E-state index contributed by atoms with van der Waals surface area (Å²) in [4.78, 5) is 16.1. The number of carbonyl (C=O) groups excluding carboxylic acids is 1. The van der Waals surface area contributed by atoms with Crippen LogP contribution in [-0.4, -0.2) is 28.6 Å². The van der Waals surface area contributed by atoms with Gasteiger partial charge in [0.2, 0.25) is 5.91 Å². The molecule has 2 rings (SSSR count). The maximum Gasteiger partial charge on any atom is 0.220 e. The zero-order valence-corrected chi connectivity index (χ0v) is 11.9. The number of hydrogen-bond donors (Lipinski definition) is 2. The van der Waals surface area contributed by atoms with E-state index in [0.717, 1.165) is 11.3 Å². The average molecular weight is 284 g/mol. The Labute approximate surface area is 124 Å². The number of pyridine rings is 1. The number of aliphatic hydroxyl groups excluding tert-OH is 1. The maximum atomic E-state index is 11.9. The first-order valence-electron chi connectivity index (χ1n) is 7.12. The number of carbonyl (C=O) groups is 1. The summed E-state index contributed by atoms with van der Waals surface area (Å²) in [6.45, 7) is -0.0653. The summed E-state index contributed by atoms with van der Waals surface area (Å²) in [5.74, 6) is -0.0596. The van der Waals surface area contributed by atoms with Crippen LogP contribution in [0.4, 0.5) is 0 Å². The Bertz CT molecular complexity index is 543. The third-order valence-electron chi connectivity index (χ3n) is 3.24. The van der Waals surface area contributed by atoms with Gasteiger partial charge in [0.05, 0.1) is 12.6 Å². The molecule has 0 saturated carbocycles. The fourth-order valence-electron chi connectivity index (χ4n) is 2.15. The van der Waals surface area contributed by atoms with Crippen molar-refractivity contribution in [2.45, 2.75) is 25.3 Å². The third-order valence-corrected chi connectivity index (χ3v) is 3.24. The highest BCUT2D eigenvalue weighted by molar-refractivity contribution is 5.76. The summed E-state index contributed by atoms with van der Waals surface area (Å²) in [6.07, 6.45) is 3.34. The van der Waals surface area contributed by atoms with E-state index in [-0.39, 0.29) is 18.6 Å². The molecule has 0 aliphatic heterocycles. The molecule has 0 saturated heterocycles. The molecule has 0 radical (unpaired) electrons. The molecule has 0 fully saturated rings. The number of benzene rings is 1. The minimum absolute atomic E-state index is 0.0596. The summed E-state index contributed by atoms with van der Waals surface area (Å²) in [6, 6.07) is 15.2. The number of hydrogen-bond acceptors (Lipinski definition) is 3. The second-order valence-electron chi connectivity index (χ2n) is 4.96. The van der Waals surface area contributed by atoms with Gasteiger partial charge in [-0.15, -0.1) is 0 Å². The smallest absolute Gasteiger partial charge is 0.220 e. The maximum absolute atomic E-state index is 11.9. The molecule has 1 heterocycles. The van der Waals surface area contributed by atoms with Gasteiger partial charge in [0.15, 0.2) is 0 Å². The lowest BCUT2D eigenvalue weighted by Gasteiger charge is -2.16. The summed E-state index contributed by atoms with van der Waals surface area (Å²) in [5.41, 5.74) is 2.00. The Kier molecular flexibility index (Phi) is 5.91. The lowest BCUT2D eigenvalue weighted by Crippen LogP contribution is -2.39. The average Bonchev–Trinajstić information content (AvgIpc) is 2.54. The van der Waals surface area contributed by atoms with Gasteiger partial charge >= 0.3 is 0 Å². The van der Waals surface area contributed by atoms with E-state index in [2.05, 4.69) is 10.3 Å². The molecule has 110 valence electrons. The number of amides is 1. The van der Waals surface area contributed by atoms with Crippen molar-refractivity contribution in [3.8, 4) is 0 Å². The highest BCUT2D eigenvalue weighted by Gasteiger charge is 2.12. The second kappa shape index (κ2) is 8.17. The minimum atomic E-state index is -0.247. The fraction of sp³-hybridized carbons (Fsp3) is 0.294. The minimum Gasteiger partial charge on any atom is -0.394 e. The summed E-state index contributed by atoms with van der Waals surface area (Å²) in [5, 5.41) is 12.3. The van der Waals surface area contributed by atoms with Gasteiger partial charge in [0, 0.05) is 18.3 Å². The van der Waals surface area contributed by atoms with Crippen LogP contribution in [0.5, 0.6) is 0 Å². The van der Waals surface area contributed by atoms with Crippen molar-refractivity contribution >= 4 is 5.91 Å². The monoisotopic (exact) mass is 284 g/mol. The Morgan fingerprint density at radius 2 is 1.90 bits per heavy atom. The molecule has 1 aromatic heterocycles. The molecular formula is C17H20N2O2. The zero-order valence-electron chi connectivity index (χ0n) is 11.9. The van der Waals surface area contributed by atoms with Gasteiger partial charge in [-0.1, -0.05) is 36.4 Å². The van der Waals surface area contributed by atoms with Crippen molar-refractivity contribution in [1.82, 2.24) is 10.3 Å². The molecule has 4 heteroatoms. The van der Waals surface area contributed by atoms with Crippen molar-refractivity contribution < 1.29 is 9.90 Å². The number of nitrogens with one attached hydrogen (secondary N) is 1. The van der Waals surface area contributed by atoms with Gasteiger partial charge < -0.3 is 10.4 Å². The first-order valence-corrected chi connectivity index (χ1v) is 7.12. The van der Waals surface area contributed by atoms with Crippen LogP contribution in [0.1, 0.15) is 17.7 Å². The van der Waals surface area contributed by atoms with Crippen LogP contribution in [0.3, 0.4) is 0 Å². The van der Waals surface area contributed by atoms with Crippen molar-refractivity contribution in [2.24, 2.45) is 0 Å². The first-order chi connectivity index (χ1) is 10.3. The van der Waals surface area contributed by atoms with Crippen LogP contribution in [0.15, 0.2) is 54.7 Å². The second-order valence-corrected chi connectivity index (χ2v) is 4.96. The summed E-state index contributed by atoms with van der Waals surface area (Å²) >= 11 is 0. The molecular weight excluding hydrogens is 264 g/mol. The molecule has 0 aliphatic rings. The molecule has 2 N–H and O–H groups in total. The number of aliphatic hydroxyl groups is 1. The Hall–Kier alpha value is -2.20. The van der Waals surface area contributed by atoms with E-state index >= 15 is 0 Å². The number of rotatable bonds is 7.